The van der Waals surface area contributed by atoms with Crippen molar-refractivity contribution in [2.45, 2.75) is 50.6 Å². The van der Waals surface area contributed by atoms with Gasteiger partial charge in [0.1, 0.15) is 0 Å². The molecule has 0 aromatic heterocycles. The maximum Gasteiger partial charge on any atom is 0.237 e. The first-order valence-corrected chi connectivity index (χ1v) is 8.04. The lowest BCUT2D eigenvalue weighted by Gasteiger charge is -2.33. The van der Waals surface area contributed by atoms with Crippen LogP contribution in [0.5, 0.6) is 0 Å². The zero-order valence-electron chi connectivity index (χ0n) is 13.5. The molecule has 0 saturated carbocycles. The topological polar surface area (TPSA) is 53.6 Å². The minimum Gasteiger partial charge on any atom is -0.385 e. The summed E-state index contributed by atoms with van der Waals surface area (Å²) in [4.78, 5) is 14.6. The van der Waals surface area contributed by atoms with E-state index < -0.39 is 0 Å². The van der Waals surface area contributed by atoms with Gasteiger partial charge in [-0.1, -0.05) is 6.42 Å². The van der Waals surface area contributed by atoms with Crippen LogP contribution in [-0.4, -0.2) is 62.8 Å². The molecule has 0 aromatic rings. The first kappa shape index (κ1) is 21.9. The van der Waals surface area contributed by atoms with Crippen molar-refractivity contribution in [2.24, 2.45) is 0 Å². The number of hydrogen-bond acceptors (Lipinski definition) is 4. The Bertz CT molecular complexity index is 295. The van der Waals surface area contributed by atoms with E-state index in [0.717, 1.165) is 58.5 Å². The van der Waals surface area contributed by atoms with Crippen molar-refractivity contribution in [3.8, 4) is 0 Å². The Balaban J connectivity index is 0.00000220. The van der Waals surface area contributed by atoms with Gasteiger partial charge in [-0.2, -0.15) is 0 Å². The van der Waals surface area contributed by atoms with Gasteiger partial charge in [-0.05, 0) is 38.6 Å². The summed E-state index contributed by atoms with van der Waals surface area (Å²) in [6.45, 7) is 5.11. The van der Waals surface area contributed by atoms with Gasteiger partial charge < -0.3 is 20.3 Å². The van der Waals surface area contributed by atoms with E-state index in [1.165, 1.54) is 12.8 Å². The number of ether oxygens (including phenoxy) is 1. The fourth-order valence-electron chi connectivity index (χ4n) is 3.11. The Labute approximate surface area is 146 Å². The second-order valence-corrected chi connectivity index (χ2v) is 5.97. The van der Waals surface area contributed by atoms with Gasteiger partial charge in [0.15, 0.2) is 0 Å². The summed E-state index contributed by atoms with van der Waals surface area (Å²) < 4.78 is 5.08. The number of piperidine rings is 2. The molecule has 5 nitrogen and oxygen atoms in total. The Kier molecular flexibility index (Phi) is 12.3. The fourth-order valence-corrected chi connectivity index (χ4v) is 3.11. The zero-order valence-corrected chi connectivity index (χ0v) is 15.1. The lowest BCUT2D eigenvalue weighted by Crippen LogP contribution is -2.52. The van der Waals surface area contributed by atoms with Crippen molar-refractivity contribution in [1.29, 1.82) is 0 Å². The third kappa shape index (κ3) is 7.47. The van der Waals surface area contributed by atoms with Gasteiger partial charge in [0, 0.05) is 39.4 Å². The first-order chi connectivity index (χ1) is 9.79. The van der Waals surface area contributed by atoms with Crippen LogP contribution in [0, 0.1) is 0 Å². The average molecular weight is 356 g/mol. The lowest BCUT2D eigenvalue weighted by atomic mass is 10.0. The molecule has 22 heavy (non-hydrogen) atoms. The van der Waals surface area contributed by atoms with Gasteiger partial charge in [0.05, 0.1) is 6.04 Å². The highest BCUT2D eigenvalue weighted by Gasteiger charge is 2.25. The summed E-state index contributed by atoms with van der Waals surface area (Å²) >= 11 is 0. The predicted octanol–water partition coefficient (Wildman–Crippen LogP) is 1.59. The second-order valence-electron chi connectivity index (χ2n) is 5.97. The maximum absolute atomic E-state index is 12.2. The van der Waals surface area contributed by atoms with Crippen molar-refractivity contribution in [2.75, 3.05) is 39.9 Å². The van der Waals surface area contributed by atoms with E-state index in [2.05, 4.69) is 15.5 Å². The molecule has 1 atom stereocenters. The van der Waals surface area contributed by atoms with E-state index in [-0.39, 0.29) is 36.8 Å². The van der Waals surface area contributed by atoms with Gasteiger partial charge in [-0.3, -0.25) is 4.79 Å². The van der Waals surface area contributed by atoms with Crippen LogP contribution in [0.1, 0.15) is 38.5 Å². The molecule has 2 rings (SSSR count). The number of carbonyl (C=O) groups is 1. The minimum absolute atomic E-state index is 0. The van der Waals surface area contributed by atoms with Crippen LogP contribution in [0.2, 0.25) is 0 Å². The number of carbonyl (C=O) groups excluding carboxylic acids is 1. The van der Waals surface area contributed by atoms with E-state index in [0.29, 0.717) is 6.04 Å². The molecule has 2 aliphatic heterocycles. The van der Waals surface area contributed by atoms with Gasteiger partial charge in [0.2, 0.25) is 5.91 Å². The summed E-state index contributed by atoms with van der Waals surface area (Å²) in [5, 5.41) is 6.54. The van der Waals surface area contributed by atoms with Crippen molar-refractivity contribution in [3.63, 3.8) is 0 Å². The molecule has 2 saturated heterocycles. The number of nitrogens with zero attached hydrogens (tertiary/aromatic N) is 1. The van der Waals surface area contributed by atoms with E-state index in [1.54, 1.807) is 7.11 Å². The second kappa shape index (κ2) is 12.4. The third-order valence-corrected chi connectivity index (χ3v) is 4.38. The van der Waals surface area contributed by atoms with E-state index in [1.807, 2.05) is 0 Å². The predicted molar refractivity (Wildman–Crippen MR) is 94.2 cm³/mol. The van der Waals surface area contributed by atoms with E-state index in [4.69, 9.17) is 4.74 Å². The summed E-state index contributed by atoms with van der Waals surface area (Å²) in [6.07, 6.45) is 6.60. The van der Waals surface area contributed by atoms with Crippen molar-refractivity contribution in [3.05, 3.63) is 0 Å². The molecule has 0 aromatic carbocycles. The summed E-state index contributed by atoms with van der Waals surface area (Å²) in [5.41, 5.74) is 0. The molecule has 0 bridgehead atoms. The third-order valence-electron chi connectivity index (χ3n) is 4.38. The van der Waals surface area contributed by atoms with Crippen molar-refractivity contribution >= 4 is 30.7 Å². The van der Waals surface area contributed by atoms with Crippen LogP contribution in [0.4, 0.5) is 0 Å². The monoisotopic (exact) mass is 355 g/mol. The fraction of sp³-hybridized carbons (Fsp3) is 0.933. The lowest BCUT2D eigenvalue weighted by molar-refractivity contribution is -0.124. The molecule has 1 amide bonds. The molecular formula is C15H31Cl2N3O2. The van der Waals surface area contributed by atoms with Crippen LogP contribution in [-0.2, 0) is 9.53 Å². The Morgan fingerprint density at radius 1 is 1.23 bits per heavy atom. The molecule has 2 N–H and O–H groups in total. The molecule has 0 aliphatic carbocycles. The Hall–Kier alpha value is -0.0700. The van der Waals surface area contributed by atoms with Gasteiger partial charge >= 0.3 is 0 Å². The van der Waals surface area contributed by atoms with Gasteiger partial charge in [-0.15, -0.1) is 24.8 Å². The largest absolute Gasteiger partial charge is 0.385 e. The highest BCUT2D eigenvalue weighted by atomic mass is 35.5. The number of halogens is 2. The zero-order chi connectivity index (χ0) is 14.2. The highest BCUT2D eigenvalue weighted by molar-refractivity contribution is 5.85. The Morgan fingerprint density at radius 2 is 1.95 bits per heavy atom. The van der Waals surface area contributed by atoms with Crippen molar-refractivity contribution < 1.29 is 9.53 Å². The smallest absolute Gasteiger partial charge is 0.237 e. The van der Waals surface area contributed by atoms with Crippen molar-refractivity contribution in [1.82, 2.24) is 15.5 Å². The standard InChI is InChI=1S/C15H29N3O2.2ClH/c1-20-12-4-9-18-10-6-13(7-11-18)17-15(19)14-5-2-3-8-16-14;;/h13-14,16H,2-12H2,1H3,(H,17,19);2*1H/t14-;;/m1../s1. The summed E-state index contributed by atoms with van der Waals surface area (Å²) in [7, 11) is 1.75. The van der Waals surface area contributed by atoms with Gasteiger partial charge in [-0.25, -0.2) is 0 Å². The molecule has 2 aliphatic rings. The highest BCUT2D eigenvalue weighted by Crippen LogP contribution is 2.12. The van der Waals surface area contributed by atoms with Crippen LogP contribution >= 0.6 is 24.8 Å². The minimum atomic E-state index is 0. The maximum atomic E-state index is 12.2. The van der Waals surface area contributed by atoms with Crippen LogP contribution < -0.4 is 10.6 Å². The molecule has 0 unspecified atom stereocenters. The van der Waals surface area contributed by atoms with E-state index in [9.17, 15) is 4.79 Å². The van der Waals surface area contributed by atoms with Gasteiger partial charge in [0.25, 0.3) is 0 Å². The SMILES string of the molecule is COCCCN1CCC(NC(=O)[C@H]2CCCCN2)CC1.Cl.Cl. The number of likely N-dealkylation sites (tertiary alicyclic amines) is 1. The number of nitrogens with one attached hydrogen (secondary N) is 2. The van der Waals surface area contributed by atoms with Crippen LogP contribution in [0.3, 0.4) is 0 Å². The quantitative estimate of drug-likeness (QED) is 0.710. The Morgan fingerprint density at radius 3 is 2.55 bits per heavy atom. The molecule has 7 heteroatoms. The first-order valence-electron chi connectivity index (χ1n) is 8.04. The number of rotatable bonds is 6. The summed E-state index contributed by atoms with van der Waals surface area (Å²) in [5.74, 6) is 0.211. The van der Waals surface area contributed by atoms with E-state index >= 15 is 0 Å². The molecule has 132 valence electrons. The molecule has 2 fully saturated rings. The normalized spacial score (nSPS) is 23.2. The molecular weight excluding hydrogens is 325 g/mol. The van der Waals surface area contributed by atoms with Crippen LogP contribution in [0.15, 0.2) is 0 Å². The average Bonchev–Trinajstić information content (AvgIpc) is 2.50. The molecule has 0 radical (unpaired) electrons. The number of hydrogen-bond donors (Lipinski definition) is 2. The molecule has 0 spiro atoms. The van der Waals surface area contributed by atoms with Crippen LogP contribution in [0.25, 0.3) is 0 Å². The number of amides is 1. The molecule has 2 heterocycles. The number of methoxy groups -OCH3 is 1. The summed E-state index contributed by atoms with van der Waals surface area (Å²) in [6, 6.07) is 0.411.